The van der Waals surface area contributed by atoms with Gasteiger partial charge in [-0.05, 0) is 48.8 Å². The van der Waals surface area contributed by atoms with E-state index >= 15 is 0 Å². The van der Waals surface area contributed by atoms with E-state index < -0.39 is 11.7 Å². The van der Waals surface area contributed by atoms with Gasteiger partial charge in [0.1, 0.15) is 0 Å². The van der Waals surface area contributed by atoms with E-state index in [1.807, 2.05) is 6.92 Å². The standard InChI is InChI=1S/C15H19F3N2/c1-2-20-14(13-9-4-3-5-10(9)13)11-8-19-7-6-12(11)15(16,17)18/h6-10,13-14,20H,2-5H2,1H3. The van der Waals surface area contributed by atoms with Crippen LogP contribution in [0.15, 0.2) is 18.5 Å². The number of rotatable bonds is 4. The molecule has 0 aliphatic heterocycles. The zero-order chi connectivity index (χ0) is 14.3. The number of hydrogen-bond donors (Lipinski definition) is 1. The first-order valence-electron chi connectivity index (χ1n) is 7.28. The summed E-state index contributed by atoms with van der Waals surface area (Å²) < 4.78 is 39.5. The second kappa shape index (κ2) is 5.02. The van der Waals surface area contributed by atoms with Crippen LogP contribution < -0.4 is 5.32 Å². The van der Waals surface area contributed by atoms with Crippen molar-refractivity contribution in [3.05, 3.63) is 29.6 Å². The molecule has 3 atom stereocenters. The van der Waals surface area contributed by atoms with Crippen molar-refractivity contribution in [2.24, 2.45) is 17.8 Å². The van der Waals surface area contributed by atoms with Crippen molar-refractivity contribution < 1.29 is 13.2 Å². The average Bonchev–Trinajstić information content (AvgIpc) is 2.87. The summed E-state index contributed by atoms with van der Waals surface area (Å²) in [6, 6.07) is 0.887. The maximum atomic E-state index is 13.2. The highest BCUT2D eigenvalue weighted by atomic mass is 19.4. The molecule has 0 aromatic carbocycles. The summed E-state index contributed by atoms with van der Waals surface area (Å²) in [4.78, 5) is 3.93. The third kappa shape index (κ3) is 2.32. The fraction of sp³-hybridized carbons (Fsp3) is 0.667. The molecule has 3 unspecified atom stereocenters. The van der Waals surface area contributed by atoms with Gasteiger partial charge in [-0.3, -0.25) is 4.98 Å². The third-order valence-corrected chi connectivity index (χ3v) is 4.77. The smallest absolute Gasteiger partial charge is 0.310 e. The first kappa shape index (κ1) is 13.9. The molecule has 0 spiro atoms. The zero-order valence-corrected chi connectivity index (χ0v) is 11.5. The molecular formula is C15H19F3N2. The maximum absolute atomic E-state index is 13.2. The average molecular weight is 284 g/mol. The lowest BCUT2D eigenvalue weighted by Gasteiger charge is -2.23. The minimum atomic E-state index is -4.31. The number of nitrogens with one attached hydrogen (secondary N) is 1. The van der Waals surface area contributed by atoms with Gasteiger partial charge in [0, 0.05) is 18.4 Å². The summed E-state index contributed by atoms with van der Waals surface area (Å²) in [6.45, 7) is 2.61. The molecule has 0 amide bonds. The van der Waals surface area contributed by atoms with E-state index in [0.717, 1.165) is 6.07 Å². The summed E-state index contributed by atoms with van der Waals surface area (Å²) in [7, 11) is 0. The van der Waals surface area contributed by atoms with Gasteiger partial charge in [0.25, 0.3) is 0 Å². The second-order valence-electron chi connectivity index (χ2n) is 5.83. The van der Waals surface area contributed by atoms with Crippen molar-refractivity contribution in [3.8, 4) is 0 Å². The van der Waals surface area contributed by atoms with Crippen molar-refractivity contribution in [2.75, 3.05) is 6.54 Å². The SMILES string of the molecule is CCNC(c1cnccc1C(F)(F)F)C1C2CCCC21. The van der Waals surface area contributed by atoms with Crippen molar-refractivity contribution >= 4 is 0 Å². The van der Waals surface area contributed by atoms with Gasteiger partial charge in [-0.15, -0.1) is 0 Å². The monoisotopic (exact) mass is 284 g/mol. The van der Waals surface area contributed by atoms with E-state index in [9.17, 15) is 13.2 Å². The van der Waals surface area contributed by atoms with Gasteiger partial charge in [-0.1, -0.05) is 13.3 Å². The van der Waals surface area contributed by atoms with Crippen LogP contribution in [0.5, 0.6) is 0 Å². The van der Waals surface area contributed by atoms with Gasteiger partial charge in [-0.2, -0.15) is 13.2 Å². The largest absolute Gasteiger partial charge is 0.416 e. The van der Waals surface area contributed by atoms with E-state index in [2.05, 4.69) is 10.3 Å². The van der Waals surface area contributed by atoms with Gasteiger partial charge in [-0.25, -0.2) is 0 Å². The minimum absolute atomic E-state index is 0.208. The van der Waals surface area contributed by atoms with Crippen molar-refractivity contribution in [3.63, 3.8) is 0 Å². The fourth-order valence-electron chi connectivity index (χ4n) is 3.96. The van der Waals surface area contributed by atoms with Crippen molar-refractivity contribution in [1.29, 1.82) is 0 Å². The molecular weight excluding hydrogens is 265 g/mol. The number of halogens is 3. The van der Waals surface area contributed by atoms with E-state index in [4.69, 9.17) is 0 Å². The Morgan fingerprint density at radius 1 is 1.35 bits per heavy atom. The topological polar surface area (TPSA) is 24.9 Å². The lowest BCUT2D eigenvalue weighted by atomic mass is 9.94. The van der Waals surface area contributed by atoms with E-state index in [-0.39, 0.29) is 6.04 Å². The number of alkyl halides is 3. The van der Waals surface area contributed by atoms with Crippen LogP contribution in [0, 0.1) is 17.8 Å². The molecule has 5 heteroatoms. The molecule has 0 bridgehead atoms. The van der Waals surface area contributed by atoms with Crippen LogP contribution >= 0.6 is 0 Å². The van der Waals surface area contributed by atoms with Gasteiger partial charge in [0.05, 0.1) is 5.56 Å². The van der Waals surface area contributed by atoms with Crippen LogP contribution in [0.1, 0.15) is 43.4 Å². The molecule has 1 N–H and O–H groups in total. The Labute approximate surface area is 116 Å². The molecule has 110 valence electrons. The Bertz CT molecular complexity index is 476. The van der Waals surface area contributed by atoms with E-state index in [1.165, 1.54) is 31.7 Å². The van der Waals surface area contributed by atoms with Crippen LogP contribution in [0.4, 0.5) is 13.2 Å². The summed E-state index contributed by atoms with van der Waals surface area (Å²) >= 11 is 0. The molecule has 2 aliphatic carbocycles. The molecule has 3 rings (SSSR count). The lowest BCUT2D eigenvalue weighted by molar-refractivity contribution is -0.138. The van der Waals surface area contributed by atoms with Gasteiger partial charge in [0.15, 0.2) is 0 Å². The first-order valence-corrected chi connectivity index (χ1v) is 7.28. The minimum Gasteiger partial charge on any atom is -0.310 e. The highest BCUT2D eigenvalue weighted by Crippen LogP contribution is 2.62. The number of aromatic nitrogens is 1. The Hall–Kier alpha value is -1.10. The highest BCUT2D eigenvalue weighted by Gasteiger charge is 2.56. The molecule has 2 fully saturated rings. The Morgan fingerprint density at radius 3 is 2.65 bits per heavy atom. The summed E-state index contributed by atoms with van der Waals surface area (Å²) in [6.07, 6.45) is 1.87. The van der Waals surface area contributed by atoms with Crippen LogP contribution in [0.3, 0.4) is 0 Å². The molecule has 20 heavy (non-hydrogen) atoms. The van der Waals surface area contributed by atoms with Gasteiger partial charge in [0.2, 0.25) is 0 Å². The summed E-state index contributed by atoms with van der Waals surface area (Å²) in [5.74, 6) is 1.58. The Balaban J connectivity index is 1.92. The molecule has 2 saturated carbocycles. The normalized spacial score (nSPS) is 30.1. The zero-order valence-electron chi connectivity index (χ0n) is 11.5. The molecule has 1 heterocycles. The number of fused-ring (bicyclic) bond motifs is 1. The number of hydrogen-bond acceptors (Lipinski definition) is 2. The summed E-state index contributed by atoms with van der Waals surface area (Å²) in [5, 5.41) is 3.26. The first-order chi connectivity index (χ1) is 9.54. The van der Waals surface area contributed by atoms with Crippen molar-refractivity contribution in [2.45, 2.75) is 38.4 Å². The highest BCUT2D eigenvalue weighted by molar-refractivity contribution is 5.32. The van der Waals surface area contributed by atoms with Gasteiger partial charge < -0.3 is 5.32 Å². The molecule has 2 aliphatic rings. The van der Waals surface area contributed by atoms with Crippen LogP contribution in [0.25, 0.3) is 0 Å². The molecule has 1 aromatic rings. The van der Waals surface area contributed by atoms with Crippen molar-refractivity contribution in [1.82, 2.24) is 10.3 Å². The van der Waals surface area contributed by atoms with E-state index in [0.29, 0.717) is 29.9 Å². The molecule has 2 nitrogen and oxygen atoms in total. The quantitative estimate of drug-likeness (QED) is 0.909. The fourth-order valence-corrected chi connectivity index (χ4v) is 3.96. The van der Waals surface area contributed by atoms with Gasteiger partial charge >= 0.3 is 6.18 Å². The van der Waals surface area contributed by atoms with E-state index in [1.54, 1.807) is 0 Å². The van der Waals surface area contributed by atoms with Crippen LogP contribution in [-0.2, 0) is 6.18 Å². The van der Waals surface area contributed by atoms with Crippen LogP contribution in [-0.4, -0.2) is 11.5 Å². The third-order valence-electron chi connectivity index (χ3n) is 4.77. The predicted molar refractivity (Wildman–Crippen MR) is 70.0 cm³/mol. The Kier molecular flexibility index (Phi) is 3.48. The molecule has 0 saturated heterocycles. The Morgan fingerprint density at radius 2 is 2.05 bits per heavy atom. The molecule has 1 aromatic heterocycles. The second-order valence-corrected chi connectivity index (χ2v) is 5.83. The summed E-state index contributed by atoms with van der Waals surface area (Å²) in [5.41, 5.74) is -0.218. The lowest BCUT2D eigenvalue weighted by Crippen LogP contribution is -2.27. The number of nitrogens with zero attached hydrogens (tertiary/aromatic N) is 1. The number of pyridine rings is 1. The predicted octanol–water partition coefficient (Wildman–Crippen LogP) is 3.80. The molecule has 0 radical (unpaired) electrons. The maximum Gasteiger partial charge on any atom is 0.416 e. The van der Waals surface area contributed by atoms with Crippen LogP contribution in [0.2, 0.25) is 0 Å².